The molecule has 0 atom stereocenters. The molecule has 2 amide bonds. The van der Waals surface area contributed by atoms with Crippen LogP contribution in [0.15, 0.2) is 22.0 Å². The highest BCUT2D eigenvalue weighted by molar-refractivity contribution is 9.11. The molecule has 0 spiro atoms. The van der Waals surface area contributed by atoms with Gasteiger partial charge < -0.3 is 15.4 Å². The van der Waals surface area contributed by atoms with Gasteiger partial charge in [-0.15, -0.1) is 11.3 Å². The monoisotopic (exact) mass is 388 g/mol. The van der Waals surface area contributed by atoms with E-state index in [1.54, 1.807) is 6.08 Å². The highest BCUT2D eigenvalue weighted by Crippen LogP contribution is 2.22. The number of carbonyl (C=O) groups is 3. The van der Waals surface area contributed by atoms with Crippen molar-refractivity contribution in [3.8, 4) is 0 Å². The summed E-state index contributed by atoms with van der Waals surface area (Å²) in [5.74, 6) is -1.41. The molecule has 0 aliphatic carbocycles. The summed E-state index contributed by atoms with van der Waals surface area (Å²) in [5, 5.41) is 4.99. The van der Waals surface area contributed by atoms with Gasteiger partial charge in [0.25, 0.3) is 5.91 Å². The van der Waals surface area contributed by atoms with Gasteiger partial charge in [0, 0.05) is 17.5 Å². The largest absolute Gasteiger partial charge is 0.452 e. The van der Waals surface area contributed by atoms with Gasteiger partial charge in [0.05, 0.1) is 10.3 Å². The van der Waals surface area contributed by atoms with Crippen molar-refractivity contribution in [2.45, 2.75) is 13.3 Å². The molecule has 1 aromatic rings. The van der Waals surface area contributed by atoms with Crippen LogP contribution in [-0.2, 0) is 19.1 Å². The normalized spacial score (nSPS) is 10.5. The van der Waals surface area contributed by atoms with Crippen LogP contribution in [0.3, 0.4) is 0 Å². The second-order valence-corrected chi connectivity index (χ2v) is 6.70. The SMILES string of the molecule is CCCNC(=O)CNC(=O)COC(=O)/C=C/c1ccc(Br)s1. The molecule has 6 nitrogen and oxygen atoms in total. The van der Waals surface area contributed by atoms with Crippen molar-refractivity contribution >= 4 is 51.1 Å². The fourth-order valence-electron chi connectivity index (χ4n) is 1.31. The van der Waals surface area contributed by atoms with Crippen LogP contribution in [0.5, 0.6) is 0 Å². The Bertz CT molecular complexity index is 557. The first kappa shape index (κ1) is 18.4. The van der Waals surface area contributed by atoms with Gasteiger partial charge in [-0.05, 0) is 40.6 Å². The molecule has 8 heteroatoms. The second-order valence-electron chi connectivity index (χ2n) is 4.21. The van der Waals surface area contributed by atoms with Gasteiger partial charge in [0.2, 0.25) is 5.91 Å². The Labute approximate surface area is 141 Å². The minimum atomic E-state index is -0.616. The van der Waals surface area contributed by atoms with Crippen molar-refractivity contribution < 1.29 is 19.1 Å². The molecule has 1 aromatic heterocycles. The van der Waals surface area contributed by atoms with Gasteiger partial charge in [-0.1, -0.05) is 6.92 Å². The third-order valence-corrected chi connectivity index (χ3v) is 3.93. The predicted octanol–water partition coefficient (Wildman–Crippen LogP) is 1.71. The first-order valence-corrected chi connectivity index (χ1v) is 8.25. The molecular formula is C14H17BrN2O4S. The van der Waals surface area contributed by atoms with Gasteiger partial charge in [-0.25, -0.2) is 4.79 Å². The van der Waals surface area contributed by atoms with E-state index in [0.717, 1.165) is 15.1 Å². The van der Waals surface area contributed by atoms with Gasteiger partial charge in [0.15, 0.2) is 6.61 Å². The van der Waals surface area contributed by atoms with Crippen LogP contribution in [0.1, 0.15) is 18.2 Å². The van der Waals surface area contributed by atoms with E-state index in [2.05, 4.69) is 26.6 Å². The summed E-state index contributed by atoms with van der Waals surface area (Å²) in [4.78, 5) is 35.0. The number of hydrogen-bond donors (Lipinski definition) is 2. The number of rotatable bonds is 8. The smallest absolute Gasteiger partial charge is 0.331 e. The Balaban J connectivity index is 2.21. The molecule has 0 fully saturated rings. The lowest BCUT2D eigenvalue weighted by molar-refractivity contribution is -0.143. The molecule has 0 saturated heterocycles. The number of hydrogen-bond acceptors (Lipinski definition) is 5. The van der Waals surface area contributed by atoms with Crippen LogP contribution in [0, 0.1) is 0 Å². The number of esters is 1. The Morgan fingerprint density at radius 3 is 2.68 bits per heavy atom. The molecule has 1 heterocycles. The second kappa shape index (κ2) is 10.1. The molecular weight excluding hydrogens is 372 g/mol. The molecule has 0 unspecified atom stereocenters. The van der Waals surface area contributed by atoms with E-state index in [0.29, 0.717) is 6.54 Å². The molecule has 2 N–H and O–H groups in total. The Hall–Kier alpha value is -1.67. The summed E-state index contributed by atoms with van der Waals surface area (Å²) in [6.45, 7) is 1.95. The number of carbonyl (C=O) groups excluding carboxylic acids is 3. The third kappa shape index (κ3) is 7.94. The van der Waals surface area contributed by atoms with Crippen LogP contribution in [0.2, 0.25) is 0 Å². The highest BCUT2D eigenvalue weighted by Gasteiger charge is 2.07. The minimum absolute atomic E-state index is 0.130. The van der Waals surface area contributed by atoms with E-state index in [4.69, 9.17) is 4.74 Å². The molecule has 0 bridgehead atoms. The maximum atomic E-state index is 11.4. The molecule has 120 valence electrons. The molecule has 0 aromatic carbocycles. The number of nitrogens with one attached hydrogen (secondary N) is 2. The van der Waals surface area contributed by atoms with Crippen molar-refractivity contribution in [2.75, 3.05) is 19.7 Å². The van der Waals surface area contributed by atoms with Gasteiger partial charge >= 0.3 is 5.97 Å². The molecule has 0 aliphatic heterocycles. The van der Waals surface area contributed by atoms with Crippen molar-refractivity contribution in [1.82, 2.24) is 10.6 Å². The Kier molecular flexibility index (Phi) is 8.46. The Morgan fingerprint density at radius 2 is 2.05 bits per heavy atom. The third-order valence-electron chi connectivity index (χ3n) is 2.34. The lowest BCUT2D eigenvalue weighted by Gasteiger charge is -2.05. The molecule has 0 saturated carbocycles. The fourth-order valence-corrected chi connectivity index (χ4v) is 2.64. The van der Waals surface area contributed by atoms with E-state index < -0.39 is 18.5 Å². The maximum absolute atomic E-state index is 11.4. The van der Waals surface area contributed by atoms with E-state index >= 15 is 0 Å². The quantitative estimate of drug-likeness (QED) is 0.524. The summed E-state index contributed by atoms with van der Waals surface area (Å²) >= 11 is 4.79. The summed E-state index contributed by atoms with van der Waals surface area (Å²) in [7, 11) is 0. The van der Waals surface area contributed by atoms with Crippen molar-refractivity contribution in [3.05, 3.63) is 26.9 Å². The summed E-state index contributed by atoms with van der Waals surface area (Å²) in [6.07, 6.45) is 3.68. The van der Waals surface area contributed by atoms with E-state index in [1.807, 2.05) is 19.1 Å². The van der Waals surface area contributed by atoms with Gasteiger partial charge in [-0.2, -0.15) is 0 Å². The predicted molar refractivity (Wildman–Crippen MR) is 88.3 cm³/mol. The van der Waals surface area contributed by atoms with Gasteiger partial charge in [0.1, 0.15) is 0 Å². The lowest BCUT2D eigenvalue weighted by Crippen LogP contribution is -2.38. The minimum Gasteiger partial charge on any atom is -0.452 e. The molecule has 0 radical (unpaired) electrons. The number of thiophene rings is 1. The first-order chi connectivity index (χ1) is 10.5. The van der Waals surface area contributed by atoms with Crippen LogP contribution >= 0.6 is 27.3 Å². The highest BCUT2D eigenvalue weighted by atomic mass is 79.9. The number of halogens is 1. The van der Waals surface area contributed by atoms with Crippen LogP contribution in [0.25, 0.3) is 6.08 Å². The maximum Gasteiger partial charge on any atom is 0.331 e. The van der Waals surface area contributed by atoms with E-state index in [-0.39, 0.29) is 12.5 Å². The topological polar surface area (TPSA) is 84.5 Å². The standard InChI is InChI=1S/C14H17BrN2O4S/c1-2-7-16-12(18)8-17-13(19)9-21-14(20)6-4-10-3-5-11(15)22-10/h3-6H,2,7-9H2,1H3,(H,16,18)(H,17,19)/b6-4+. The summed E-state index contributed by atoms with van der Waals surface area (Å²) in [5.41, 5.74) is 0. The zero-order valence-electron chi connectivity index (χ0n) is 12.1. The lowest BCUT2D eigenvalue weighted by atomic mass is 10.4. The van der Waals surface area contributed by atoms with Crippen molar-refractivity contribution in [3.63, 3.8) is 0 Å². The van der Waals surface area contributed by atoms with Crippen LogP contribution in [0.4, 0.5) is 0 Å². The molecule has 0 aliphatic rings. The van der Waals surface area contributed by atoms with E-state index in [1.165, 1.54) is 17.4 Å². The van der Waals surface area contributed by atoms with Crippen LogP contribution in [-0.4, -0.2) is 37.5 Å². The average molecular weight is 389 g/mol. The fraction of sp³-hybridized carbons (Fsp3) is 0.357. The van der Waals surface area contributed by atoms with Crippen LogP contribution < -0.4 is 10.6 Å². The van der Waals surface area contributed by atoms with Crippen molar-refractivity contribution in [1.29, 1.82) is 0 Å². The number of amides is 2. The van der Waals surface area contributed by atoms with E-state index in [9.17, 15) is 14.4 Å². The summed E-state index contributed by atoms with van der Waals surface area (Å²) < 4.78 is 5.73. The Morgan fingerprint density at radius 1 is 1.27 bits per heavy atom. The molecule has 22 heavy (non-hydrogen) atoms. The van der Waals surface area contributed by atoms with Gasteiger partial charge in [-0.3, -0.25) is 9.59 Å². The summed E-state index contributed by atoms with van der Waals surface area (Å²) in [6, 6.07) is 3.72. The van der Waals surface area contributed by atoms with Crippen molar-refractivity contribution in [2.24, 2.45) is 0 Å². The molecule has 1 rings (SSSR count). The zero-order valence-corrected chi connectivity index (χ0v) is 14.5. The number of ether oxygens (including phenoxy) is 1. The first-order valence-electron chi connectivity index (χ1n) is 6.65. The zero-order chi connectivity index (χ0) is 16.4. The average Bonchev–Trinajstić information content (AvgIpc) is 2.92.